The molecule has 0 radical (unpaired) electrons. The van der Waals surface area contributed by atoms with Gasteiger partial charge in [-0.25, -0.2) is 0 Å². The van der Waals surface area contributed by atoms with E-state index >= 15 is 0 Å². The Labute approximate surface area is 126 Å². The molecule has 1 aliphatic heterocycles. The molecule has 1 aromatic heterocycles. The maximum atomic E-state index is 11.9. The molecule has 0 aromatic carbocycles. The van der Waals surface area contributed by atoms with Crippen molar-refractivity contribution in [3.8, 4) is 5.75 Å². The van der Waals surface area contributed by atoms with Crippen LogP contribution in [0.1, 0.15) is 36.1 Å². The van der Waals surface area contributed by atoms with Crippen molar-refractivity contribution in [1.82, 2.24) is 15.2 Å². The molecule has 1 N–H and O–H groups in total. The average molecular weight is 291 g/mol. The summed E-state index contributed by atoms with van der Waals surface area (Å²) in [6, 6.07) is 0. The summed E-state index contributed by atoms with van der Waals surface area (Å²) >= 11 is 0. The molecule has 1 amide bonds. The first-order valence-electron chi connectivity index (χ1n) is 7.61. The van der Waals surface area contributed by atoms with Crippen LogP contribution >= 0.6 is 0 Å². The summed E-state index contributed by atoms with van der Waals surface area (Å²) in [5.74, 6) is 1.15. The fourth-order valence-electron chi connectivity index (χ4n) is 2.78. The van der Waals surface area contributed by atoms with E-state index in [1.165, 1.54) is 0 Å². The Morgan fingerprint density at radius 2 is 2.10 bits per heavy atom. The highest BCUT2D eigenvalue weighted by atomic mass is 16.5. The van der Waals surface area contributed by atoms with Gasteiger partial charge in [0.25, 0.3) is 0 Å². The van der Waals surface area contributed by atoms with Crippen molar-refractivity contribution >= 4 is 5.91 Å². The SMILES string of the molecule is COc1c(C)cnc(CNCCC(=O)N2CCCC2)c1C. The number of carbonyl (C=O) groups excluding carboxylic acids is 1. The number of nitrogens with one attached hydrogen (secondary N) is 1. The monoisotopic (exact) mass is 291 g/mol. The molecule has 5 nitrogen and oxygen atoms in total. The number of amides is 1. The minimum atomic E-state index is 0.256. The second-order valence-corrected chi connectivity index (χ2v) is 5.56. The maximum Gasteiger partial charge on any atom is 0.223 e. The summed E-state index contributed by atoms with van der Waals surface area (Å²) < 4.78 is 5.40. The lowest BCUT2D eigenvalue weighted by atomic mass is 10.1. The maximum absolute atomic E-state index is 11.9. The largest absolute Gasteiger partial charge is 0.496 e. The Bertz CT molecular complexity index is 497. The van der Waals surface area contributed by atoms with E-state index in [1.54, 1.807) is 7.11 Å². The standard InChI is InChI=1S/C16H25N3O2/c1-12-10-18-14(13(2)16(12)21-3)11-17-7-6-15(20)19-8-4-5-9-19/h10,17H,4-9,11H2,1-3H3. The average Bonchev–Trinajstić information content (AvgIpc) is 3.00. The lowest BCUT2D eigenvalue weighted by Crippen LogP contribution is -2.30. The molecule has 1 aliphatic rings. The van der Waals surface area contributed by atoms with Gasteiger partial charge in [0.15, 0.2) is 0 Å². The fraction of sp³-hybridized carbons (Fsp3) is 0.625. The van der Waals surface area contributed by atoms with Crippen molar-refractivity contribution in [3.05, 3.63) is 23.0 Å². The third kappa shape index (κ3) is 3.94. The number of hydrogen-bond acceptors (Lipinski definition) is 4. The number of carbonyl (C=O) groups is 1. The zero-order valence-corrected chi connectivity index (χ0v) is 13.2. The van der Waals surface area contributed by atoms with E-state index in [4.69, 9.17) is 4.74 Å². The lowest BCUT2D eigenvalue weighted by Gasteiger charge is -2.16. The second kappa shape index (κ2) is 7.41. The van der Waals surface area contributed by atoms with Crippen molar-refractivity contribution < 1.29 is 9.53 Å². The van der Waals surface area contributed by atoms with Crippen molar-refractivity contribution in [2.24, 2.45) is 0 Å². The first kappa shape index (κ1) is 15.8. The van der Waals surface area contributed by atoms with Gasteiger partial charge in [0.1, 0.15) is 5.75 Å². The Hall–Kier alpha value is -1.62. The molecular weight excluding hydrogens is 266 g/mol. The number of pyridine rings is 1. The number of likely N-dealkylation sites (tertiary alicyclic amines) is 1. The van der Waals surface area contributed by atoms with E-state index in [-0.39, 0.29) is 5.91 Å². The summed E-state index contributed by atoms with van der Waals surface area (Å²) in [5, 5.41) is 3.30. The third-order valence-electron chi connectivity index (χ3n) is 4.02. The Morgan fingerprint density at radius 1 is 1.38 bits per heavy atom. The molecule has 116 valence electrons. The van der Waals surface area contributed by atoms with Crippen molar-refractivity contribution in [3.63, 3.8) is 0 Å². The zero-order valence-electron chi connectivity index (χ0n) is 13.2. The van der Waals surface area contributed by atoms with Gasteiger partial charge in [0.05, 0.1) is 12.8 Å². The predicted octanol–water partition coefficient (Wildman–Crippen LogP) is 1.81. The van der Waals surface area contributed by atoms with Crippen LogP contribution in [0.5, 0.6) is 5.75 Å². The molecule has 2 rings (SSSR count). The van der Waals surface area contributed by atoms with Crippen LogP contribution < -0.4 is 10.1 Å². The molecular formula is C16H25N3O2. The molecule has 0 bridgehead atoms. The fourth-order valence-corrected chi connectivity index (χ4v) is 2.78. The molecule has 1 aromatic rings. The highest BCUT2D eigenvalue weighted by Gasteiger charge is 2.17. The first-order chi connectivity index (χ1) is 10.1. The summed E-state index contributed by atoms with van der Waals surface area (Å²) in [6.45, 7) is 7.21. The van der Waals surface area contributed by atoms with Gasteiger partial charge in [-0.2, -0.15) is 0 Å². The number of ether oxygens (including phenoxy) is 1. The van der Waals surface area contributed by atoms with E-state index in [2.05, 4.69) is 10.3 Å². The molecule has 21 heavy (non-hydrogen) atoms. The van der Waals surface area contributed by atoms with Crippen LogP contribution in [0.3, 0.4) is 0 Å². The Balaban J connectivity index is 1.79. The van der Waals surface area contributed by atoms with Crippen LogP contribution in [0.4, 0.5) is 0 Å². The molecule has 0 spiro atoms. The third-order valence-corrected chi connectivity index (χ3v) is 4.02. The Morgan fingerprint density at radius 3 is 2.76 bits per heavy atom. The summed E-state index contributed by atoms with van der Waals surface area (Å²) in [6.07, 6.45) is 4.68. The van der Waals surface area contributed by atoms with Crippen LogP contribution in [0.15, 0.2) is 6.20 Å². The van der Waals surface area contributed by atoms with E-state index in [9.17, 15) is 4.79 Å². The number of hydrogen-bond donors (Lipinski definition) is 1. The van der Waals surface area contributed by atoms with Crippen molar-refractivity contribution in [1.29, 1.82) is 0 Å². The molecule has 1 saturated heterocycles. The van der Waals surface area contributed by atoms with E-state index in [0.29, 0.717) is 19.5 Å². The number of methoxy groups -OCH3 is 1. The van der Waals surface area contributed by atoms with Crippen LogP contribution in [-0.4, -0.2) is 42.5 Å². The van der Waals surface area contributed by atoms with Gasteiger partial charge in [0.2, 0.25) is 5.91 Å². The van der Waals surface area contributed by atoms with E-state index in [0.717, 1.165) is 48.5 Å². The van der Waals surface area contributed by atoms with Gasteiger partial charge in [0, 0.05) is 49.9 Å². The predicted molar refractivity (Wildman–Crippen MR) is 82.4 cm³/mol. The van der Waals surface area contributed by atoms with Crippen molar-refractivity contribution in [2.75, 3.05) is 26.7 Å². The highest BCUT2D eigenvalue weighted by Crippen LogP contribution is 2.23. The number of aromatic nitrogens is 1. The summed E-state index contributed by atoms with van der Waals surface area (Å²) in [7, 11) is 1.68. The van der Waals surface area contributed by atoms with Crippen LogP contribution in [0, 0.1) is 13.8 Å². The first-order valence-corrected chi connectivity index (χ1v) is 7.61. The summed E-state index contributed by atoms with van der Waals surface area (Å²) in [4.78, 5) is 18.3. The van der Waals surface area contributed by atoms with Crippen LogP contribution in [-0.2, 0) is 11.3 Å². The minimum Gasteiger partial charge on any atom is -0.496 e. The molecule has 2 heterocycles. The quantitative estimate of drug-likeness (QED) is 0.812. The van der Waals surface area contributed by atoms with Gasteiger partial charge in [-0.15, -0.1) is 0 Å². The van der Waals surface area contributed by atoms with Gasteiger partial charge in [-0.05, 0) is 26.7 Å². The van der Waals surface area contributed by atoms with Gasteiger partial charge in [-0.3, -0.25) is 9.78 Å². The zero-order chi connectivity index (χ0) is 15.2. The van der Waals surface area contributed by atoms with Crippen LogP contribution in [0.2, 0.25) is 0 Å². The molecule has 1 fully saturated rings. The smallest absolute Gasteiger partial charge is 0.223 e. The summed E-state index contributed by atoms with van der Waals surface area (Å²) in [5.41, 5.74) is 3.09. The number of nitrogens with zero attached hydrogens (tertiary/aromatic N) is 2. The number of aryl methyl sites for hydroxylation is 1. The topological polar surface area (TPSA) is 54.5 Å². The van der Waals surface area contributed by atoms with Gasteiger partial charge in [-0.1, -0.05) is 0 Å². The molecule has 0 aliphatic carbocycles. The van der Waals surface area contributed by atoms with E-state index < -0.39 is 0 Å². The van der Waals surface area contributed by atoms with Crippen LogP contribution in [0.25, 0.3) is 0 Å². The molecule has 0 unspecified atom stereocenters. The normalized spacial score (nSPS) is 14.5. The van der Waals surface area contributed by atoms with Gasteiger partial charge < -0.3 is 15.0 Å². The Kier molecular flexibility index (Phi) is 5.56. The lowest BCUT2D eigenvalue weighted by molar-refractivity contribution is -0.130. The van der Waals surface area contributed by atoms with Gasteiger partial charge >= 0.3 is 0 Å². The highest BCUT2D eigenvalue weighted by molar-refractivity contribution is 5.76. The number of rotatable bonds is 6. The second-order valence-electron chi connectivity index (χ2n) is 5.56. The molecule has 0 atom stereocenters. The van der Waals surface area contributed by atoms with Crippen molar-refractivity contribution in [2.45, 2.75) is 39.7 Å². The minimum absolute atomic E-state index is 0.256. The molecule has 0 saturated carbocycles. The van der Waals surface area contributed by atoms with E-state index in [1.807, 2.05) is 24.9 Å². The molecule has 5 heteroatoms.